The smallest absolute Gasteiger partial charge is 0.192 e. The lowest BCUT2D eigenvalue weighted by Gasteiger charge is -2.46. The Morgan fingerprint density at radius 1 is 0.949 bits per heavy atom. The van der Waals surface area contributed by atoms with Gasteiger partial charge < -0.3 is 8.85 Å². The van der Waals surface area contributed by atoms with Gasteiger partial charge in [0.05, 0.1) is 12.2 Å². The fourth-order valence-electron chi connectivity index (χ4n) is 7.01. The minimum Gasteiger partial charge on any atom is -0.410 e. The van der Waals surface area contributed by atoms with Crippen LogP contribution < -0.4 is 0 Å². The molecule has 0 aromatic heterocycles. The molecule has 0 radical (unpaired) electrons. The van der Waals surface area contributed by atoms with Gasteiger partial charge in [0.15, 0.2) is 16.6 Å². The van der Waals surface area contributed by atoms with Crippen LogP contribution in [-0.4, -0.2) is 33.3 Å². The van der Waals surface area contributed by atoms with E-state index >= 15 is 0 Å². The highest BCUT2D eigenvalue weighted by atomic mass is 127. The number of hydrogen-bond acceptors (Lipinski definition) is 2. The molecule has 3 saturated carbocycles. The van der Waals surface area contributed by atoms with Gasteiger partial charge in [0.25, 0.3) is 0 Å². The summed E-state index contributed by atoms with van der Waals surface area (Å²) in [4.78, 5) is 0. The molecule has 3 rings (SSSR count). The Balaban J connectivity index is 1.92. The standard InChI is InChI=1S/C34H61IO2Si2/c1-24(23-35)28-18-19-29-27(15-14-20-34(28,29)9)17-16-26-21-30(36-38(10,11)32(3,4)5)25(2)31(22-26)37-39(12,13)33(6,7)8/h16-17,24,28-31H,2,14-15,18-23H2,1,3-13H3/b27-17+/t24-,28-,29+,30-,31-,34-/m1/s1. The van der Waals surface area contributed by atoms with Crippen molar-refractivity contribution < 1.29 is 8.85 Å². The molecule has 0 spiro atoms. The maximum absolute atomic E-state index is 7.06. The molecule has 6 atom stereocenters. The molecular weight excluding hydrogens is 623 g/mol. The first-order valence-electron chi connectivity index (χ1n) is 15.7. The van der Waals surface area contributed by atoms with E-state index in [1.54, 1.807) is 5.57 Å². The SMILES string of the molecule is C=C1[C@H](O[Si](C)(C)C(C)(C)C)CC(=C/C=C2\CCC[C@]3(C)[C@@H]([C@H](C)CI)CC[C@@H]23)C[C@H]1O[Si](C)(C)C(C)(C)C. The fraction of sp³-hybridized carbons (Fsp3) is 0.824. The molecule has 3 aliphatic rings. The Hall–Kier alpha value is 0.304. The molecule has 0 amide bonds. The van der Waals surface area contributed by atoms with Crippen molar-refractivity contribution in [1.29, 1.82) is 0 Å². The molecule has 0 N–H and O–H groups in total. The van der Waals surface area contributed by atoms with Crippen LogP contribution in [0.2, 0.25) is 36.3 Å². The maximum atomic E-state index is 7.06. The normalized spacial score (nSPS) is 32.9. The molecule has 0 aliphatic heterocycles. The molecule has 3 aliphatic carbocycles. The second kappa shape index (κ2) is 12.1. The predicted molar refractivity (Wildman–Crippen MR) is 185 cm³/mol. The monoisotopic (exact) mass is 684 g/mol. The summed E-state index contributed by atoms with van der Waals surface area (Å²) in [5.74, 6) is 2.46. The van der Waals surface area contributed by atoms with E-state index in [-0.39, 0.29) is 22.3 Å². The van der Waals surface area contributed by atoms with Gasteiger partial charge in [-0.2, -0.15) is 0 Å². The minimum atomic E-state index is -1.94. The largest absolute Gasteiger partial charge is 0.410 e. The van der Waals surface area contributed by atoms with Crippen molar-refractivity contribution in [3.8, 4) is 0 Å². The van der Waals surface area contributed by atoms with Crippen molar-refractivity contribution in [3.63, 3.8) is 0 Å². The molecule has 39 heavy (non-hydrogen) atoms. The molecule has 0 aromatic carbocycles. The van der Waals surface area contributed by atoms with Crippen LogP contribution >= 0.6 is 22.6 Å². The lowest BCUT2D eigenvalue weighted by Crippen LogP contribution is -2.49. The first-order chi connectivity index (χ1) is 17.7. The van der Waals surface area contributed by atoms with Crippen LogP contribution in [0.25, 0.3) is 0 Å². The lowest BCUT2D eigenvalue weighted by atomic mass is 9.61. The van der Waals surface area contributed by atoms with Crippen LogP contribution in [-0.2, 0) is 8.85 Å². The Labute approximate surface area is 258 Å². The summed E-state index contributed by atoms with van der Waals surface area (Å²) >= 11 is 2.61. The van der Waals surface area contributed by atoms with Crippen LogP contribution in [0.1, 0.15) is 100 Å². The minimum absolute atomic E-state index is 0.0519. The van der Waals surface area contributed by atoms with Crippen molar-refractivity contribution in [2.24, 2.45) is 23.2 Å². The summed E-state index contributed by atoms with van der Waals surface area (Å²) < 4.78 is 15.4. The van der Waals surface area contributed by atoms with Crippen molar-refractivity contribution in [1.82, 2.24) is 0 Å². The van der Waals surface area contributed by atoms with Gasteiger partial charge in [0.1, 0.15) is 0 Å². The van der Waals surface area contributed by atoms with E-state index in [1.165, 1.54) is 47.7 Å². The predicted octanol–water partition coefficient (Wildman–Crippen LogP) is 11.3. The summed E-state index contributed by atoms with van der Waals surface area (Å²) in [6, 6.07) is 0. The highest BCUT2D eigenvalue weighted by molar-refractivity contribution is 14.1. The van der Waals surface area contributed by atoms with E-state index in [1.807, 2.05) is 0 Å². The molecule has 0 saturated heterocycles. The van der Waals surface area contributed by atoms with Crippen molar-refractivity contribution in [2.75, 3.05) is 4.43 Å². The van der Waals surface area contributed by atoms with Gasteiger partial charge in [-0.3, -0.25) is 0 Å². The zero-order valence-corrected chi connectivity index (χ0v) is 31.8. The van der Waals surface area contributed by atoms with Gasteiger partial charge >= 0.3 is 0 Å². The van der Waals surface area contributed by atoms with Crippen molar-refractivity contribution in [2.45, 2.75) is 149 Å². The van der Waals surface area contributed by atoms with E-state index in [9.17, 15) is 0 Å². The van der Waals surface area contributed by atoms with Gasteiger partial charge in [0, 0.05) is 4.43 Å². The molecule has 3 fully saturated rings. The topological polar surface area (TPSA) is 18.5 Å². The van der Waals surface area contributed by atoms with Crippen molar-refractivity contribution in [3.05, 3.63) is 35.5 Å². The van der Waals surface area contributed by atoms with E-state index in [0.29, 0.717) is 5.41 Å². The molecule has 0 heterocycles. The van der Waals surface area contributed by atoms with E-state index in [2.05, 4.69) is 123 Å². The second-order valence-corrected chi connectivity index (χ2v) is 26.9. The van der Waals surface area contributed by atoms with Crippen LogP contribution in [0, 0.1) is 23.2 Å². The lowest BCUT2D eigenvalue weighted by molar-refractivity contribution is 0.106. The summed E-state index contributed by atoms with van der Waals surface area (Å²) in [6.45, 7) is 33.3. The number of allylic oxidation sites excluding steroid dienone is 3. The first kappa shape index (κ1) is 33.8. The highest BCUT2D eigenvalue weighted by Gasteiger charge is 2.50. The molecule has 2 nitrogen and oxygen atoms in total. The van der Waals surface area contributed by atoms with Gasteiger partial charge in [-0.1, -0.05) is 108 Å². The molecule has 0 bridgehead atoms. The average Bonchev–Trinajstić information content (AvgIpc) is 3.15. The van der Waals surface area contributed by atoms with E-state index in [0.717, 1.165) is 30.6 Å². The summed E-state index contributed by atoms with van der Waals surface area (Å²) in [5.41, 5.74) is 4.86. The Morgan fingerprint density at radius 2 is 1.46 bits per heavy atom. The summed E-state index contributed by atoms with van der Waals surface area (Å²) in [5, 5.41) is 0.347. The van der Waals surface area contributed by atoms with E-state index < -0.39 is 16.6 Å². The number of alkyl halides is 1. The maximum Gasteiger partial charge on any atom is 0.192 e. The average molecular weight is 685 g/mol. The second-order valence-electron chi connectivity index (χ2n) is 16.5. The van der Waals surface area contributed by atoms with Crippen LogP contribution in [0.4, 0.5) is 0 Å². The number of halogens is 1. The van der Waals surface area contributed by atoms with Gasteiger partial charge in [-0.25, -0.2) is 0 Å². The molecule has 0 aromatic rings. The quantitative estimate of drug-likeness (QED) is 0.115. The first-order valence-corrected chi connectivity index (χ1v) is 23.1. The third-order valence-corrected chi connectivity index (χ3v) is 22.1. The van der Waals surface area contributed by atoms with Crippen LogP contribution in [0.3, 0.4) is 0 Å². The molecule has 0 unspecified atom stereocenters. The third kappa shape index (κ3) is 7.27. The zero-order chi connectivity index (χ0) is 29.6. The third-order valence-electron chi connectivity index (χ3n) is 11.7. The zero-order valence-electron chi connectivity index (χ0n) is 27.6. The van der Waals surface area contributed by atoms with Crippen LogP contribution in [0.5, 0.6) is 0 Å². The van der Waals surface area contributed by atoms with Crippen LogP contribution in [0.15, 0.2) is 35.5 Å². The number of rotatable bonds is 7. The van der Waals surface area contributed by atoms with Crippen molar-refractivity contribution >= 4 is 39.2 Å². The van der Waals surface area contributed by atoms with Gasteiger partial charge in [0.2, 0.25) is 0 Å². The molecule has 224 valence electrons. The van der Waals surface area contributed by atoms with E-state index in [4.69, 9.17) is 8.85 Å². The Bertz CT molecular complexity index is 909. The number of hydrogen-bond donors (Lipinski definition) is 0. The van der Waals surface area contributed by atoms with Gasteiger partial charge in [-0.15, -0.1) is 0 Å². The summed E-state index contributed by atoms with van der Waals surface area (Å²) in [7, 11) is -3.88. The summed E-state index contributed by atoms with van der Waals surface area (Å²) in [6.07, 6.45) is 13.9. The van der Waals surface area contributed by atoms with Gasteiger partial charge in [-0.05, 0) is 110 Å². The Kier molecular flexibility index (Phi) is 10.5. The highest BCUT2D eigenvalue weighted by Crippen LogP contribution is 2.59. The molecule has 5 heteroatoms. The Morgan fingerprint density at radius 3 is 1.92 bits per heavy atom. The molecular formula is C34H61IO2Si2. The fourth-order valence-corrected chi connectivity index (χ4v) is 10.2. The number of fused-ring (bicyclic) bond motifs is 1.